The van der Waals surface area contributed by atoms with Gasteiger partial charge in [0.15, 0.2) is 0 Å². The number of allylic oxidation sites excluding steroid dienone is 5. The fraction of sp³-hybridized carbons (Fsp3) is 0.692. The van der Waals surface area contributed by atoms with Gasteiger partial charge in [-0.1, -0.05) is 81.7 Å². The predicted molar refractivity (Wildman–Crippen MR) is 115 cm³/mol. The van der Waals surface area contributed by atoms with E-state index in [0.717, 1.165) is 5.57 Å². The van der Waals surface area contributed by atoms with Crippen molar-refractivity contribution in [3.63, 3.8) is 0 Å². The molecule has 0 bridgehead atoms. The lowest BCUT2D eigenvalue weighted by molar-refractivity contribution is -0.138. The van der Waals surface area contributed by atoms with Crippen LogP contribution in [-0.4, -0.2) is 11.8 Å². The highest BCUT2D eigenvalue weighted by atomic mass is 16.2. The average molecular weight is 394 g/mol. The van der Waals surface area contributed by atoms with E-state index >= 15 is 0 Å². The number of amides is 2. The van der Waals surface area contributed by atoms with Crippen LogP contribution < -0.4 is 5.32 Å². The zero-order chi connectivity index (χ0) is 20.2. The van der Waals surface area contributed by atoms with E-state index in [0.29, 0.717) is 11.8 Å². The highest BCUT2D eigenvalue weighted by Crippen LogP contribution is 2.62. The molecule has 0 radical (unpaired) electrons. The topological polar surface area (TPSA) is 46.2 Å². The molecule has 2 saturated carbocycles. The molecule has 3 unspecified atom stereocenters. The second-order valence-electron chi connectivity index (χ2n) is 10.4. The Balaban J connectivity index is 1.67. The predicted octanol–water partition coefficient (Wildman–Crippen LogP) is 5.48. The lowest BCUT2D eigenvalue weighted by Crippen LogP contribution is -2.58. The molecule has 3 nitrogen and oxygen atoms in total. The monoisotopic (exact) mass is 393 g/mol. The van der Waals surface area contributed by atoms with Crippen LogP contribution in [0.15, 0.2) is 34.9 Å². The molecule has 29 heavy (non-hydrogen) atoms. The molecule has 1 heterocycles. The van der Waals surface area contributed by atoms with Crippen LogP contribution in [0.1, 0.15) is 78.1 Å². The highest BCUT2D eigenvalue weighted by molar-refractivity contribution is 6.09. The van der Waals surface area contributed by atoms with Crippen LogP contribution in [0, 0.1) is 35.0 Å². The van der Waals surface area contributed by atoms with Gasteiger partial charge in [0.1, 0.15) is 0 Å². The van der Waals surface area contributed by atoms with E-state index in [-0.39, 0.29) is 35.0 Å². The Morgan fingerprint density at radius 2 is 1.45 bits per heavy atom. The Bertz CT molecular complexity index is 807. The standard InChI is InChI=1S/C26H35NO2/c1-16-15-21(18-11-7-4-8-12-18)26(2)20(17-9-5-3-6-10-17)14-13-19-23(26)22(16)25(29)27-24(19)28/h13-18,22-23H,3-12H2,1-2H3,(H,27,28,29)/t16?,22?,23?,26-/m0/s1. The third-order valence-corrected chi connectivity index (χ3v) is 8.86. The van der Waals surface area contributed by atoms with E-state index in [1.807, 2.05) is 0 Å². The first kappa shape index (κ1) is 19.3. The Morgan fingerprint density at radius 3 is 2.07 bits per heavy atom. The maximum absolute atomic E-state index is 13.0. The second-order valence-corrected chi connectivity index (χ2v) is 10.4. The number of carbonyl (C=O) groups excluding carboxylic acids is 2. The summed E-state index contributed by atoms with van der Waals surface area (Å²) in [5, 5.41) is 2.67. The van der Waals surface area contributed by atoms with Crippen molar-refractivity contribution < 1.29 is 9.59 Å². The minimum absolute atomic E-state index is 0.0163. The van der Waals surface area contributed by atoms with Gasteiger partial charge in [-0.15, -0.1) is 0 Å². The van der Waals surface area contributed by atoms with Gasteiger partial charge < -0.3 is 0 Å². The van der Waals surface area contributed by atoms with Gasteiger partial charge >= 0.3 is 0 Å². The van der Waals surface area contributed by atoms with Crippen molar-refractivity contribution in [2.24, 2.45) is 35.0 Å². The molecule has 156 valence electrons. The fourth-order valence-corrected chi connectivity index (χ4v) is 7.53. The molecule has 0 aromatic carbocycles. The molecule has 0 spiro atoms. The van der Waals surface area contributed by atoms with Crippen LogP contribution in [0.5, 0.6) is 0 Å². The second kappa shape index (κ2) is 7.25. The van der Waals surface area contributed by atoms with Crippen LogP contribution in [0.4, 0.5) is 0 Å². The van der Waals surface area contributed by atoms with E-state index in [4.69, 9.17) is 0 Å². The van der Waals surface area contributed by atoms with Crippen LogP contribution in [0.2, 0.25) is 0 Å². The molecule has 4 aliphatic carbocycles. The van der Waals surface area contributed by atoms with Crippen molar-refractivity contribution in [1.29, 1.82) is 0 Å². The van der Waals surface area contributed by atoms with Gasteiger partial charge in [-0.3, -0.25) is 14.9 Å². The molecule has 1 N–H and O–H groups in total. The van der Waals surface area contributed by atoms with E-state index in [1.165, 1.54) is 69.8 Å². The van der Waals surface area contributed by atoms with Crippen molar-refractivity contribution >= 4 is 11.8 Å². The molecule has 5 rings (SSSR count). The van der Waals surface area contributed by atoms with Gasteiger partial charge in [0.2, 0.25) is 5.91 Å². The zero-order valence-electron chi connectivity index (χ0n) is 18.0. The highest BCUT2D eigenvalue weighted by Gasteiger charge is 2.58. The Kier molecular flexibility index (Phi) is 4.83. The fourth-order valence-electron chi connectivity index (χ4n) is 7.53. The van der Waals surface area contributed by atoms with Gasteiger partial charge in [-0.25, -0.2) is 0 Å². The molecular formula is C26H35NO2. The summed E-state index contributed by atoms with van der Waals surface area (Å²) in [7, 11) is 0. The summed E-state index contributed by atoms with van der Waals surface area (Å²) in [6.45, 7) is 4.59. The molecule has 0 aromatic heterocycles. The normalized spacial score (nSPS) is 38.6. The van der Waals surface area contributed by atoms with Crippen LogP contribution in [-0.2, 0) is 9.59 Å². The Labute approximate surface area is 175 Å². The Morgan fingerprint density at radius 1 is 0.862 bits per heavy atom. The molecule has 4 atom stereocenters. The molecule has 1 saturated heterocycles. The summed E-state index contributed by atoms with van der Waals surface area (Å²) >= 11 is 0. The number of piperidine rings is 1. The minimum atomic E-state index is -0.168. The Hall–Kier alpha value is -1.64. The van der Waals surface area contributed by atoms with Gasteiger partial charge in [0.05, 0.1) is 5.92 Å². The number of rotatable bonds is 2. The van der Waals surface area contributed by atoms with E-state index < -0.39 is 0 Å². The van der Waals surface area contributed by atoms with E-state index in [9.17, 15) is 9.59 Å². The van der Waals surface area contributed by atoms with Crippen molar-refractivity contribution in [2.45, 2.75) is 78.1 Å². The molecule has 1 aliphatic heterocycles. The summed E-state index contributed by atoms with van der Waals surface area (Å²) < 4.78 is 0. The van der Waals surface area contributed by atoms with Crippen molar-refractivity contribution in [2.75, 3.05) is 0 Å². The molecular weight excluding hydrogens is 358 g/mol. The maximum atomic E-state index is 13.0. The SMILES string of the molecule is CC1C=C(C2CCCCC2)[C@]2(C)C(C3CCCCC3)=CC=C3C(=O)NC(=O)C1C32. The lowest BCUT2D eigenvalue weighted by Gasteiger charge is -2.56. The summed E-state index contributed by atoms with van der Waals surface area (Å²) in [5.74, 6) is 1.09. The van der Waals surface area contributed by atoms with Crippen molar-refractivity contribution in [3.05, 3.63) is 34.9 Å². The van der Waals surface area contributed by atoms with Crippen molar-refractivity contribution in [3.8, 4) is 0 Å². The maximum Gasteiger partial charge on any atom is 0.254 e. The van der Waals surface area contributed by atoms with Gasteiger partial charge in [-0.2, -0.15) is 0 Å². The summed E-state index contributed by atoms with van der Waals surface area (Å²) in [4.78, 5) is 25.8. The smallest absolute Gasteiger partial charge is 0.254 e. The van der Waals surface area contributed by atoms with Gasteiger partial charge in [0, 0.05) is 16.9 Å². The van der Waals surface area contributed by atoms with Crippen LogP contribution >= 0.6 is 0 Å². The zero-order valence-corrected chi connectivity index (χ0v) is 18.0. The molecule has 3 heteroatoms. The average Bonchev–Trinajstić information content (AvgIpc) is 2.73. The number of hydrogen-bond acceptors (Lipinski definition) is 2. The first-order chi connectivity index (χ1) is 14.0. The van der Waals surface area contributed by atoms with Crippen LogP contribution in [0.3, 0.4) is 0 Å². The molecule has 3 fully saturated rings. The summed E-state index contributed by atoms with van der Waals surface area (Å²) in [6.07, 6.45) is 19.8. The molecule has 5 aliphatic rings. The number of nitrogens with one attached hydrogen (secondary N) is 1. The lowest BCUT2D eigenvalue weighted by atomic mass is 9.47. The molecule has 0 aromatic rings. The summed E-state index contributed by atoms with van der Waals surface area (Å²) in [5.41, 5.74) is 3.78. The molecule has 2 amide bonds. The quantitative estimate of drug-likeness (QED) is 0.498. The largest absolute Gasteiger partial charge is 0.292 e. The van der Waals surface area contributed by atoms with Gasteiger partial charge in [0.25, 0.3) is 5.91 Å². The van der Waals surface area contributed by atoms with Crippen molar-refractivity contribution in [1.82, 2.24) is 5.32 Å². The number of carbonyl (C=O) groups is 2. The van der Waals surface area contributed by atoms with E-state index in [1.54, 1.807) is 5.57 Å². The first-order valence-corrected chi connectivity index (χ1v) is 12.0. The number of imide groups is 1. The van der Waals surface area contributed by atoms with E-state index in [2.05, 4.69) is 37.4 Å². The minimum Gasteiger partial charge on any atom is -0.292 e. The summed E-state index contributed by atoms with van der Waals surface area (Å²) in [6, 6.07) is 0. The van der Waals surface area contributed by atoms with Crippen LogP contribution in [0.25, 0.3) is 0 Å². The third-order valence-electron chi connectivity index (χ3n) is 8.86. The number of hydrogen-bond donors (Lipinski definition) is 1. The third kappa shape index (κ3) is 2.91. The van der Waals surface area contributed by atoms with Gasteiger partial charge in [-0.05, 0) is 43.4 Å². The first-order valence-electron chi connectivity index (χ1n) is 12.0.